The van der Waals surface area contributed by atoms with Gasteiger partial charge in [0, 0.05) is 24.4 Å². The minimum Gasteiger partial charge on any atom is -0.331 e. The van der Waals surface area contributed by atoms with E-state index in [0.29, 0.717) is 13.0 Å². The van der Waals surface area contributed by atoms with Crippen molar-refractivity contribution in [3.05, 3.63) is 47.0 Å². The van der Waals surface area contributed by atoms with Crippen LogP contribution in [-0.4, -0.2) is 23.1 Å². The maximum Gasteiger partial charge on any atom is 0.254 e. The molecule has 0 spiro atoms. The van der Waals surface area contributed by atoms with E-state index in [1.165, 1.54) is 5.57 Å². The first-order valence-corrected chi connectivity index (χ1v) is 6.37. The molecule has 3 nitrogen and oxygen atoms in total. The number of carbonyl (C=O) groups is 2. The van der Waals surface area contributed by atoms with Gasteiger partial charge in [0.05, 0.1) is 6.04 Å². The summed E-state index contributed by atoms with van der Waals surface area (Å²) in [4.78, 5) is 25.7. The number of benzene rings is 1. The third-order valence-corrected chi connectivity index (χ3v) is 4.35. The number of hydrogen-bond acceptors (Lipinski definition) is 2. The van der Waals surface area contributed by atoms with Crippen LogP contribution in [0, 0.1) is 5.92 Å². The van der Waals surface area contributed by atoms with E-state index in [2.05, 4.69) is 0 Å². The van der Waals surface area contributed by atoms with Crippen LogP contribution in [0.1, 0.15) is 34.8 Å². The minimum absolute atomic E-state index is 0.133. The Labute approximate surface area is 105 Å². The van der Waals surface area contributed by atoms with Crippen molar-refractivity contribution in [2.75, 3.05) is 6.54 Å². The van der Waals surface area contributed by atoms with Crippen LogP contribution in [0.4, 0.5) is 0 Å². The molecule has 90 valence electrons. The molecule has 0 N–H and O–H groups in total. The number of carbonyl (C=O) groups excluding carboxylic acids is 2. The molecule has 1 saturated heterocycles. The Morgan fingerprint density at radius 2 is 1.94 bits per heavy atom. The van der Waals surface area contributed by atoms with Crippen LogP contribution in [0.5, 0.6) is 0 Å². The van der Waals surface area contributed by atoms with E-state index in [-0.39, 0.29) is 23.7 Å². The van der Waals surface area contributed by atoms with E-state index in [4.69, 9.17) is 0 Å². The van der Waals surface area contributed by atoms with Gasteiger partial charge < -0.3 is 4.90 Å². The minimum atomic E-state index is 0.133. The molecule has 1 fully saturated rings. The fourth-order valence-electron chi connectivity index (χ4n) is 3.50. The van der Waals surface area contributed by atoms with E-state index in [9.17, 15) is 9.59 Å². The Morgan fingerprint density at radius 3 is 2.83 bits per heavy atom. The van der Waals surface area contributed by atoms with Gasteiger partial charge in [-0.1, -0.05) is 23.8 Å². The average Bonchev–Trinajstić information content (AvgIpc) is 2.86. The van der Waals surface area contributed by atoms with Gasteiger partial charge in [-0.05, 0) is 24.1 Å². The van der Waals surface area contributed by atoms with Gasteiger partial charge in [0.1, 0.15) is 0 Å². The average molecular weight is 239 g/mol. The molecule has 0 radical (unpaired) electrons. The number of allylic oxidation sites excluding steroid dienone is 1. The van der Waals surface area contributed by atoms with Gasteiger partial charge in [-0.25, -0.2) is 0 Å². The van der Waals surface area contributed by atoms with Crippen LogP contribution in [0.15, 0.2) is 35.9 Å². The molecule has 1 aromatic rings. The summed E-state index contributed by atoms with van der Waals surface area (Å²) in [5, 5.41) is 0. The number of amides is 1. The maximum atomic E-state index is 12.3. The first kappa shape index (κ1) is 10.1. The molecule has 1 aromatic carbocycles. The van der Waals surface area contributed by atoms with Crippen molar-refractivity contribution in [1.29, 1.82) is 0 Å². The van der Waals surface area contributed by atoms with Crippen molar-refractivity contribution in [3.63, 3.8) is 0 Å². The monoisotopic (exact) mass is 239 g/mol. The highest BCUT2D eigenvalue weighted by molar-refractivity contribution is 6.00. The summed E-state index contributed by atoms with van der Waals surface area (Å²) in [5.74, 6) is 0.623. The zero-order valence-electron chi connectivity index (χ0n) is 9.93. The molecule has 3 aliphatic rings. The topological polar surface area (TPSA) is 37.4 Å². The van der Waals surface area contributed by atoms with E-state index in [0.717, 1.165) is 17.5 Å². The third kappa shape index (κ3) is 1.19. The van der Waals surface area contributed by atoms with Gasteiger partial charge in [-0.3, -0.25) is 9.59 Å². The fraction of sp³-hybridized carbons (Fsp3) is 0.333. The Hall–Kier alpha value is -1.90. The van der Waals surface area contributed by atoms with Crippen molar-refractivity contribution >= 4 is 11.7 Å². The second-order valence-corrected chi connectivity index (χ2v) is 5.35. The normalized spacial score (nSPS) is 28.9. The summed E-state index contributed by atoms with van der Waals surface area (Å²) >= 11 is 0. The molecule has 1 amide bonds. The zero-order valence-corrected chi connectivity index (χ0v) is 9.93. The maximum absolute atomic E-state index is 12.3. The molecule has 0 saturated carbocycles. The van der Waals surface area contributed by atoms with Crippen molar-refractivity contribution in [2.24, 2.45) is 5.92 Å². The highest BCUT2D eigenvalue weighted by Gasteiger charge is 2.43. The molecule has 4 rings (SSSR count). The predicted octanol–water partition coefficient (Wildman–Crippen LogP) is 2.10. The van der Waals surface area contributed by atoms with Gasteiger partial charge in [0.15, 0.2) is 5.78 Å². The van der Waals surface area contributed by atoms with E-state index in [1.54, 1.807) is 6.08 Å². The molecule has 0 aromatic heterocycles. The highest BCUT2D eigenvalue weighted by Crippen LogP contribution is 2.45. The van der Waals surface area contributed by atoms with Crippen LogP contribution in [0.2, 0.25) is 0 Å². The molecule has 2 unspecified atom stereocenters. The van der Waals surface area contributed by atoms with Gasteiger partial charge in [-0.2, -0.15) is 0 Å². The molecule has 18 heavy (non-hydrogen) atoms. The Kier molecular flexibility index (Phi) is 1.85. The number of ketones is 1. The molecule has 2 atom stereocenters. The lowest BCUT2D eigenvalue weighted by atomic mass is 9.88. The van der Waals surface area contributed by atoms with E-state index < -0.39 is 0 Å². The van der Waals surface area contributed by atoms with Crippen LogP contribution in [0.25, 0.3) is 0 Å². The molecular formula is C15H13NO2. The van der Waals surface area contributed by atoms with Crippen LogP contribution in [0.3, 0.4) is 0 Å². The SMILES string of the molecule is O=C1C=C2CC3c4ccccc4C(=O)N3CC2C1. The fourth-order valence-corrected chi connectivity index (χ4v) is 3.50. The second-order valence-electron chi connectivity index (χ2n) is 5.35. The summed E-state index contributed by atoms with van der Waals surface area (Å²) < 4.78 is 0. The van der Waals surface area contributed by atoms with E-state index in [1.807, 2.05) is 29.2 Å². The zero-order chi connectivity index (χ0) is 12.3. The van der Waals surface area contributed by atoms with Crippen molar-refractivity contribution < 1.29 is 9.59 Å². The third-order valence-electron chi connectivity index (χ3n) is 4.35. The Balaban J connectivity index is 1.79. The summed E-state index contributed by atoms with van der Waals surface area (Å²) in [7, 11) is 0. The second kappa shape index (κ2) is 3.31. The molecule has 1 aliphatic carbocycles. The predicted molar refractivity (Wildman–Crippen MR) is 66.0 cm³/mol. The number of rotatable bonds is 0. The van der Waals surface area contributed by atoms with Gasteiger partial charge in [-0.15, -0.1) is 0 Å². The molecule has 0 bridgehead atoms. The lowest BCUT2D eigenvalue weighted by Gasteiger charge is -2.35. The molecule has 2 heterocycles. The summed E-state index contributed by atoms with van der Waals surface area (Å²) in [6.45, 7) is 0.704. The van der Waals surface area contributed by atoms with Crippen LogP contribution < -0.4 is 0 Å². The number of nitrogens with zero attached hydrogens (tertiary/aromatic N) is 1. The number of hydrogen-bond donors (Lipinski definition) is 0. The lowest BCUT2D eigenvalue weighted by molar-refractivity contribution is -0.114. The first-order chi connectivity index (χ1) is 8.74. The largest absolute Gasteiger partial charge is 0.331 e. The van der Waals surface area contributed by atoms with Crippen LogP contribution in [-0.2, 0) is 4.79 Å². The number of fused-ring (bicyclic) bond motifs is 4. The Morgan fingerprint density at radius 1 is 1.11 bits per heavy atom. The van der Waals surface area contributed by atoms with Crippen molar-refractivity contribution in [1.82, 2.24) is 4.90 Å². The molecule has 3 heteroatoms. The quantitative estimate of drug-likeness (QED) is 0.695. The van der Waals surface area contributed by atoms with Crippen molar-refractivity contribution in [2.45, 2.75) is 18.9 Å². The van der Waals surface area contributed by atoms with E-state index >= 15 is 0 Å². The Bertz CT molecular complexity index is 602. The standard InChI is InChI=1S/C15H13NO2/c17-11-5-9-7-14-12-3-1-2-4-13(12)15(18)16(14)8-10(9)6-11/h1-5,10,14H,6-8H2. The highest BCUT2D eigenvalue weighted by atomic mass is 16.2. The first-order valence-electron chi connectivity index (χ1n) is 6.37. The number of piperidine rings is 1. The van der Waals surface area contributed by atoms with Gasteiger partial charge >= 0.3 is 0 Å². The van der Waals surface area contributed by atoms with Crippen molar-refractivity contribution in [3.8, 4) is 0 Å². The molecular weight excluding hydrogens is 226 g/mol. The van der Waals surface area contributed by atoms with Gasteiger partial charge in [0.2, 0.25) is 0 Å². The lowest BCUT2D eigenvalue weighted by Crippen LogP contribution is -2.37. The summed E-state index contributed by atoms with van der Waals surface area (Å²) in [6.07, 6.45) is 3.22. The smallest absolute Gasteiger partial charge is 0.254 e. The summed E-state index contributed by atoms with van der Waals surface area (Å²) in [6, 6.07) is 8.00. The molecule has 2 aliphatic heterocycles. The van der Waals surface area contributed by atoms with Crippen LogP contribution >= 0.6 is 0 Å². The summed E-state index contributed by atoms with van der Waals surface area (Å²) in [5.41, 5.74) is 3.21. The van der Waals surface area contributed by atoms with Gasteiger partial charge in [0.25, 0.3) is 5.91 Å².